The Morgan fingerprint density at radius 2 is 2.20 bits per heavy atom. The predicted octanol–water partition coefficient (Wildman–Crippen LogP) is 4.23. The van der Waals surface area contributed by atoms with Crippen molar-refractivity contribution in [1.82, 2.24) is 5.16 Å². The topological polar surface area (TPSA) is 87.6 Å². The van der Waals surface area contributed by atoms with Gasteiger partial charge < -0.3 is 14.0 Å². The highest BCUT2D eigenvalue weighted by molar-refractivity contribution is 9.10. The van der Waals surface area contributed by atoms with Gasteiger partial charge in [0, 0.05) is 0 Å². The van der Waals surface area contributed by atoms with E-state index in [0.29, 0.717) is 22.6 Å². The third kappa shape index (κ3) is 4.39. The fraction of sp³-hybridized carbons (Fsp3) is 0.235. The van der Waals surface area contributed by atoms with Crippen LogP contribution in [0.15, 0.2) is 21.1 Å². The summed E-state index contributed by atoms with van der Waals surface area (Å²) in [4.78, 5) is 10.5. The molecule has 0 aliphatic carbocycles. The summed E-state index contributed by atoms with van der Waals surface area (Å²) < 4.78 is 16.7. The van der Waals surface area contributed by atoms with Crippen LogP contribution >= 0.6 is 15.9 Å². The summed E-state index contributed by atoms with van der Waals surface area (Å²) in [7, 11) is 0. The standard InChI is InChI=1S/C17H15BrN2O5/c1-4-8-24-17-13(18)9-12(10-15(17)23-5-2)6-7-14-16(20(21)22)11(3)19-25-14/h1,6-7,9-10H,5,8H2,2-3H3/b7-6+. The maximum atomic E-state index is 11.1. The van der Waals surface area contributed by atoms with Crippen molar-refractivity contribution in [1.29, 1.82) is 0 Å². The van der Waals surface area contributed by atoms with Gasteiger partial charge in [0.05, 0.1) is 16.0 Å². The largest absolute Gasteiger partial charge is 0.490 e. The molecule has 0 radical (unpaired) electrons. The highest BCUT2D eigenvalue weighted by Gasteiger charge is 2.22. The maximum Gasteiger partial charge on any atom is 0.338 e. The Kier molecular flexibility index (Phi) is 6.19. The molecule has 0 atom stereocenters. The first-order valence-electron chi connectivity index (χ1n) is 7.29. The molecule has 25 heavy (non-hydrogen) atoms. The predicted molar refractivity (Wildman–Crippen MR) is 96.5 cm³/mol. The summed E-state index contributed by atoms with van der Waals surface area (Å²) in [6, 6.07) is 3.52. The molecule has 1 heterocycles. The number of ether oxygens (including phenoxy) is 2. The van der Waals surface area contributed by atoms with Crippen molar-refractivity contribution in [3.8, 4) is 23.8 Å². The normalized spacial score (nSPS) is 10.6. The molecule has 7 nitrogen and oxygen atoms in total. The minimum atomic E-state index is -0.524. The monoisotopic (exact) mass is 406 g/mol. The first-order chi connectivity index (χ1) is 12.0. The Hall–Kier alpha value is -2.79. The van der Waals surface area contributed by atoms with Gasteiger partial charge in [0.15, 0.2) is 17.2 Å². The summed E-state index contributed by atoms with van der Waals surface area (Å²) in [5, 5.41) is 14.7. The smallest absolute Gasteiger partial charge is 0.338 e. The van der Waals surface area contributed by atoms with Gasteiger partial charge in [-0.25, -0.2) is 0 Å². The van der Waals surface area contributed by atoms with Crippen LogP contribution in [-0.2, 0) is 0 Å². The minimum Gasteiger partial charge on any atom is -0.490 e. The third-order valence-corrected chi connectivity index (χ3v) is 3.69. The molecule has 0 bridgehead atoms. The average molecular weight is 407 g/mol. The molecule has 0 unspecified atom stereocenters. The van der Waals surface area contributed by atoms with Crippen molar-refractivity contribution < 1.29 is 18.9 Å². The first kappa shape index (κ1) is 18.5. The highest BCUT2D eigenvalue weighted by Crippen LogP contribution is 2.37. The number of terminal acetylenes is 1. The van der Waals surface area contributed by atoms with Crippen molar-refractivity contribution in [2.75, 3.05) is 13.2 Å². The quantitative estimate of drug-likeness (QED) is 0.388. The molecule has 0 fully saturated rings. The molecule has 0 amide bonds. The number of aryl methyl sites for hydroxylation is 1. The number of hydrogen-bond acceptors (Lipinski definition) is 6. The molecule has 8 heteroatoms. The van der Waals surface area contributed by atoms with E-state index < -0.39 is 4.92 Å². The van der Waals surface area contributed by atoms with E-state index >= 15 is 0 Å². The zero-order valence-corrected chi connectivity index (χ0v) is 15.2. The Morgan fingerprint density at radius 3 is 2.84 bits per heavy atom. The maximum absolute atomic E-state index is 11.1. The van der Waals surface area contributed by atoms with Gasteiger partial charge in [-0.2, -0.15) is 0 Å². The van der Waals surface area contributed by atoms with Gasteiger partial charge in [-0.05, 0) is 53.5 Å². The molecule has 2 rings (SSSR count). The van der Waals surface area contributed by atoms with Crippen LogP contribution in [0.3, 0.4) is 0 Å². The number of nitrogens with zero attached hydrogens (tertiary/aromatic N) is 2. The molecule has 0 saturated heterocycles. The van der Waals surface area contributed by atoms with Crippen molar-refractivity contribution in [3.63, 3.8) is 0 Å². The van der Waals surface area contributed by atoms with E-state index in [-0.39, 0.29) is 23.7 Å². The number of halogens is 1. The molecule has 1 aromatic heterocycles. The minimum absolute atomic E-state index is 0.0734. The van der Waals surface area contributed by atoms with Crippen LogP contribution < -0.4 is 9.47 Å². The van der Waals surface area contributed by atoms with Crippen LogP contribution in [0.25, 0.3) is 12.2 Å². The summed E-state index contributed by atoms with van der Waals surface area (Å²) in [5.74, 6) is 3.48. The molecule has 0 N–H and O–H groups in total. The number of aromatic nitrogens is 1. The van der Waals surface area contributed by atoms with E-state index in [4.69, 9.17) is 20.4 Å². The van der Waals surface area contributed by atoms with E-state index in [1.807, 2.05) is 6.92 Å². The molecule has 0 aliphatic rings. The van der Waals surface area contributed by atoms with Crippen LogP contribution in [0, 0.1) is 29.4 Å². The molecule has 0 aliphatic heterocycles. The summed E-state index contributed by atoms with van der Waals surface area (Å²) in [5.41, 5.74) is 0.792. The van der Waals surface area contributed by atoms with Crippen LogP contribution in [0.1, 0.15) is 23.9 Å². The second-order valence-electron chi connectivity index (χ2n) is 4.83. The Labute approximate surface area is 152 Å². The molecular formula is C17H15BrN2O5. The van der Waals surface area contributed by atoms with Gasteiger partial charge in [0.25, 0.3) is 0 Å². The van der Waals surface area contributed by atoms with Crippen molar-refractivity contribution in [2.24, 2.45) is 0 Å². The second kappa shape index (κ2) is 8.35. The number of rotatable bonds is 7. The Morgan fingerprint density at radius 1 is 1.44 bits per heavy atom. The van der Waals surface area contributed by atoms with Crippen LogP contribution in [0.2, 0.25) is 0 Å². The van der Waals surface area contributed by atoms with E-state index in [1.165, 1.54) is 13.0 Å². The van der Waals surface area contributed by atoms with Gasteiger partial charge in [-0.3, -0.25) is 10.1 Å². The Bertz CT molecular complexity index is 851. The molecular weight excluding hydrogens is 392 g/mol. The fourth-order valence-electron chi connectivity index (χ4n) is 2.09. The van der Waals surface area contributed by atoms with E-state index in [1.54, 1.807) is 18.2 Å². The van der Waals surface area contributed by atoms with Crippen molar-refractivity contribution in [3.05, 3.63) is 43.7 Å². The molecule has 130 valence electrons. The second-order valence-corrected chi connectivity index (χ2v) is 5.68. The SMILES string of the molecule is C#CCOc1c(Br)cc(/C=C/c2onc(C)c2[N+](=O)[O-])cc1OCC. The lowest BCUT2D eigenvalue weighted by molar-refractivity contribution is -0.386. The molecule has 1 aromatic carbocycles. The van der Waals surface area contributed by atoms with Crippen LogP contribution in [0.5, 0.6) is 11.5 Å². The summed E-state index contributed by atoms with van der Waals surface area (Å²) >= 11 is 3.41. The lowest BCUT2D eigenvalue weighted by atomic mass is 10.1. The van der Waals surface area contributed by atoms with Gasteiger partial charge in [-0.1, -0.05) is 17.2 Å². The zero-order chi connectivity index (χ0) is 18.4. The zero-order valence-electron chi connectivity index (χ0n) is 13.6. The van der Waals surface area contributed by atoms with E-state index in [2.05, 4.69) is 27.0 Å². The number of nitro groups is 1. The molecule has 0 saturated carbocycles. The van der Waals surface area contributed by atoms with E-state index in [0.717, 1.165) is 5.56 Å². The van der Waals surface area contributed by atoms with Crippen molar-refractivity contribution >= 4 is 33.8 Å². The average Bonchev–Trinajstić information content (AvgIpc) is 2.93. The third-order valence-electron chi connectivity index (χ3n) is 3.10. The lowest BCUT2D eigenvalue weighted by Gasteiger charge is -2.13. The van der Waals surface area contributed by atoms with Gasteiger partial charge in [0.2, 0.25) is 5.76 Å². The fourth-order valence-corrected chi connectivity index (χ4v) is 2.66. The first-order valence-corrected chi connectivity index (χ1v) is 8.08. The van der Waals surface area contributed by atoms with Gasteiger partial charge in [-0.15, -0.1) is 6.42 Å². The highest BCUT2D eigenvalue weighted by atomic mass is 79.9. The lowest BCUT2D eigenvalue weighted by Crippen LogP contribution is -2.00. The van der Waals surface area contributed by atoms with Crippen LogP contribution in [0.4, 0.5) is 5.69 Å². The molecule has 2 aromatic rings. The van der Waals surface area contributed by atoms with Crippen LogP contribution in [-0.4, -0.2) is 23.3 Å². The van der Waals surface area contributed by atoms with Crippen molar-refractivity contribution in [2.45, 2.75) is 13.8 Å². The molecule has 0 spiro atoms. The summed E-state index contributed by atoms with van der Waals surface area (Å²) in [6.07, 6.45) is 8.36. The van der Waals surface area contributed by atoms with Gasteiger partial charge >= 0.3 is 5.69 Å². The van der Waals surface area contributed by atoms with Gasteiger partial charge in [0.1, 0.15) is 6.61 Å². The Balaban J connectivity index is 2.37. The number of benzene rings is 1. The summed E-state index contributed by atoms with van der Waals surface area (Å²) in [6.45, 7) is 3.92. The number of hydrogen-bond donors (Lipinski definition) is 0. The van der Waals surface area contributed by atoms with E-state index in [9.17, 15) is 10.1 Å².